The maximum atomic E-state index is 6.11. The van der Waals surface area contributed by atoms with Crippen molar-refractivity contribution in [2.75, 3.05) is 0 Å². The minimum Gasteiger partial charge on any atom is -0.354 e. The fraction of sp³-hybridized carbons (Fsp3) is 0.571. The molecule has 0 fully saturated rings. The van der Waals surface area contributed by atoms with Crippen molar-refractivity contribution >= 4 is 43.6 Å². The monoisotopic (exact) mass is 1180 g/mol. The number of hydrogen-bond acceptors (Lipinski definition) is 2. The number of aromatic nitrogens is 4. The molecule has 3 aromatic heterocycles. The highest BCUT2D eigenvalue weighted by Crippen LogP contribution is 2.47. The van der Waals surface area contributed by atoms with E-state index in [1.807, 2.05) is 0 Å². The average Bonchev–Trinajstić information content (AvgIpc) is 1.84. The number of aromatic amines is 2. The number of unbranched alkanes of at least 4 members (excludes halogenated alkanes) is 24. The van der Waals surface area contributed by atoms with Crippen molar-refractivity contribution in [2.45, 2.75) is 312 Å². The Morgan fingerprint density at radius 2 is 0.386 bits per heavy atom. The molecule has 2 N–H and O–H groups in total. The SMILES string of the molecule is CCCCCCc1ccc(CCCCCC)c2c1-c1cc3[nH]c(cc4nc(cc5[nH]c(cc-2n1)c1c(CCCCCC)ccc(CCCCCC)c51)-c1c(CCCCCC)ccc(CCCCCC)c1-4)c1c(CCCCCC)ccc(CCCCCC)c31. The fourth-order valence-corrected chi connectivity index (χ4v) is 15.2. The summed E-state index contributed by atoms with van der Waals surface area (Å²) in [5.74, 6) is 0. The number of H-pyrrole nitrogens is 2. The minimum atomic E-state index is 1.07. The lowest BCUT2D eigenvalue weighted by molar-refractivity contribution is 0.664. The molecular weight excluding hydrogens is 1060 g/mol. The minimum absolute atomic E-state index is 1.07. The molecule has 88 heavy (non-hydrogen) atoms. The van der Waals surface area contributed by atoms with Gasteiger partial charge in [-0.05, 0) is 172 Å². The Hall–Kier alpha value is -5.48. The molecule has 2 aliphatic rings. The van der Waals surface area contributed by atoms with E-state index in [9.17, 15) is 0 Å². The highest BCUT2D eigenvalue weighted by atomic mass is 14.8. The van der Waals surface area contributed by atoms with E-state index in [1.54, 1.807) is 0 Å². The third kappa shape index (κ3) is 16.7. The van der Waals surface area contributed by atoms with E-state index in [4.69, 9.17) is 9.97 Å². The van der Waals surface area contributed by atoms with Gasteiger partial charge in [-0.2, -0.15) is 0 Å². The van der Waals surface area contributed by atoms with Gasteiger partial charge in [-0.1, -0.05) is 258 Å². The van der Waals surface area contributed by atoms with Crippen molar-refractivity contribution in [3.05, 3.63) is 117 Å². The van der Waals surface area contributed by atoms with Gasteiger partial charge in [-0.15, -0.1) is 0 Å². The van der Waals surface area contributed by atoms with Crippen LogP contribution in [-0.2, 0) is 51.4 Å². The maximum absolute atomic E-state index is 6.11. The van der Waals surface area contributed by atoms with Gasteiger partial charge in [0.15, 0.2) is 0 Å². The van der Waals surface area contributed by atoms with Crippen molar-refractivity contribution in [1.29, 1.82) is 0 Å². The van der Waals surface area contributed by atoms with Crippen LogP contribution in [0.25, 0.3) is 88.6 Å². The van der Waals surface area contributed by atoms with E-state index < -0.39 is 0 Å². The van der Waals surface area contributed by atoms with Crippen molar-refractivity contribution in [3.63, 3.8) is 0 Å². The van der Waals surface area contributed by atoms with Gasteiger partial charge in [0, 0.05) is 65.9 Å². The van der Waals surface area contributed by atoms with E-state index >= 15 is 0 Å². The standard InChI is InChI=1S/C84H118N4/c1-9-17-25-33-41-61-49-50-62(42-34-26-18-10-2)78-70-58-72-80-64(44-36-28-20-12-4)53-54-66(46-38-30-22-14-6)82(80)74(87-72)60-76-84-68(48-40-32-24-16-8)56-55-67(47-39-31-23-15-7)83(84)75(88-76)59-73-81-65(45-37-29-21-13-5)52-51-63(43-35-27-19-11-3)79(81)71(86-73)57-69(85-70)77(61)78/h49-60,85,88H,9-48H2,1-8H3. The zero-order valence-corrected chi connectivity index (χ0v) is 57.1. The summed E-state index contributed by atoms with van der Waals surface area (Å²) in [6, 6.07) is 30.5. The Balaban J connectivity index is 1.48. The van der Waals surface area contributed by atoms with E-state index in [2.05, 4.69) is 138 Å². The predicted octanol–water partition coefficient (Wildman–Crippen LogP) is 26.3. The number of benzene rings is 4. The van der Waals surface area contributed by atoms with E-state index in [1.165, 1.54) is 316 Å². The molecule has 474 valence electrons. The van der Waals surface area contributed by atoms with E-state index in [-0.39, 0.29) is 0 Å². The molecule has 0 amide bonds. The molecule has 0 radical (unpaired) electrons. The Kier molecular flexibility index (Phi) is 26.8. The van der Waals surface area contributed by atoms with Gasteiger partial charge in [-0.3, -0.25) is 0 Å². The molecule has 4 nitrogen and oxygen atoms in total. The Bertz CT molecular complexity index is 3040. The molecule has 0 aliphatic carbocycles. The topological polar surface area (TPSA) is 57.4 Å². The van der Waals surface area contributed by atoms with Crippen molar-refractivity contribution in [3.8, 4) is 45.0 Å². The summed E-state index contributed by atoms with van der Waals surface area (Å²) < 4.78 is 0. The Morgan fingerprint density at radius 3 is 0.568 bits per heavy atom. The molecule has 0 spiro atoms. The average molecular weight is 1180 g/mol. The second-order valence-electron chi connectivity index (χ2n) is 27.3. The van der Waals surface area contributed by atoms with Gasteiger partial charge < -0.3 is 9.97 Å². The molecule has 2 aliphatic heterocycles. The van der Waals surface area contributed by atoms with Crippen LogP contribution >= 0.6 is 0 Å². The number of hydrogen-bond donors (Lipinski definition) is 2. The van der Waals surface area contributed by atoms with Crippen molar-refractivity contribution in [1.82, 2.24) is 19.9 Å². The van der Waals surface area contributed by atoms with Crippen LogP contribution in [0.15, 0.2) is 72.8 Å². The summed E-state index contributed by atoms with van der Waals surface area (Å²) in [6.07, 6.45) is 48.4. The normalized spacial score (nSPS) is 12.1. The number of rotatable bonds is 40. The van der Waals surface area contributed by atoms with Gasteiger partial charge in [0.05, 0.1) is 22.8 Å². The van der Waals surface area contributed by atoms with Crippen molar-refractivity contribution < 1.29 is 0 Å². The smallest absolute Gasteiger partial charge is 0.0740 e. The van der Waals surface area contributed by atoms with Gasteiger partial charge in [-0.25, -0.2) is 9.97 Å². The number of fused-ring (bicyclic) bond motifs is 20. The molecule has 0 saturated carbocycles. The van der Waals surface area contributed by atoms with Gasteiger partial charge in [0.2, 0.25) is 0 Å². The molecule has 0 saturated heterocycles. The quantitative estimate of drug-likeness (QED) is 0.0376. The van der Waals surface area contributed by atoms with Crippen LogP contribution in [0.3, 0.4) is 0 Å². The number of aryl methyl sites for hydroxylation is 8. The van der Waals surface area contributed by atoms with Crippen LogP contribution < -0.4 is 0 Å². The fourth-order valence-electron chi connectivity index (χ4n) is 15.2. The first-order chi connectivity index (χ1) is 43.4. The van der Waals surface area contributed by atoms with Gasteiger partial charge >= 0.3 is 0 Å². The highest BCUT2D eigenvalue weighted by molar-refractivity contribution is 6.14. The van der Waals surface area contributed by atoms with Crippen LogP contribution in [-0.4, -0.2) is 19.9 Å². The zero-order valence-electron chi connectivity index (χ0n) is 57.1. The number of nitrogens with zero attached hydrogens (tertiary/aromatic N) is 2. The molecular formula is C84H118N4. The zero-order chi connectivity index (χ0) is 61.5. The summed E-state index contributed by atoms with van der Waals surface area (Å²) in [5, 5.41) is 5.67. The lowest BCUT2D eigenvalue weighted by Crippen LogP contribution is -1.97. The summed E-state index contributed by atoms with van der Waals surface area (Å²) in [7, 11) is 0. The lowest BCUT2D eigenvalue weighted by atomic mass is 9.88. The first-order valence-electron chi connectivity index (χ1n) is 37.3. The Morgan fingerprint density at radius 1 is 0.216 bits per heavy atom. The first kappa shape index (κ1) is 66.9. The lowest BCUT2D eigenvalue weighted by Gasteiger charge is -2.14. The third-order valence-electron chi connectivity index (χ3n) is 20.2. The summed E-state index contributed by atoms with van der Waals surface area (Å²) in [5.41, 5.74) is 26.7. The summed E-state index contributed by atoms with van der Waals surface area (Å²) >= 11 is 0. The molecule has 0 atom stereocenters. The predicted molar refractivity (Wildman–Crippen MR) is 388 cm³/mol. The summed E-state index contributed by atoms with van der Waals surface area (Å²) in [6.45, 7) is 18.8. The van der Waals surface area contributed by atoms with Crippen LogP contribution in [0.5, 0.6) is 0 Å². The molecule has 7 aromatic rings. The molecule has 9 rings (SSSR count). The largest absolute Gasteiger partial charge is 0.354 e. The molecule has 0 unspecified atom stereocenters. The molecule has 8 bridgehead atoms. The van der Waals surface area contributed by atoms with Crippen LogP contribution in [0.4, 0.5) is 0 Å². The first-order valence-corrected chi connectivity index (χ1v) is 37.3. The highest BCUT2D eigenvalue weighted by Gasteiger charge is 2.28. The second-order valence-corrected chi connectivity index (χ2v) is 27.3. The Labute approximate surface area is 535 Å². The van der Waals surface area contributed by atoms with Crippen LogP contribution in [0, 0.1) is 0 Å². The second kappa shape index (κ2) is 35.2. The van der Waals surface area contributed by atoms with Gasteiger partial charge in [0.25, 0.3) is 0 Å². The van der Waals surface area contributed by atoms with Crippen molar-refractivity contribution in [2.24, 2.45) is 0 Å². The third-order valence-corrected chi connectivity index (χ3v) is 20.2. The van der Waals surface area contributed by atoms with E-state index in [0.29, 0.717) is 0 Å². The molecule has 5 heterocycles. The van der Waals surface area contributed by atoms with E-state index in [0.717, 1.165) is 74.1 Å². The van der Waals surface area contributed by atoms with Crippen LogP contribution in [0.2, 0.25) is 0 Å². The number of nitrogens with one attached hydrogen (secondary N) is 2. The maximum Gasteiger partial charge on any atom is 0.0740 e. The molecule has 4 heteroatoms. The molecule has 4 aromatic carbocycles. The van der Waals surface area contributed by atoms with Crippen LogP contribution in [0.1, 0.15) is 305 Å². The van der Waals surface area contributed by atoms with Gasteiger partial charge in [0.1, 0.15) is 0 Å². The summed E-state index contributed by atoms with van der Waals surface area (Å²) in [4.78, 5) is 20.9.